The summed E-state index contributed by atoms with van der Waals surface area (Å²) in [5.74, 6) is 0.665. The summed E-state index contributed by atoms with van der Waals surface area (Å²) >= 11 is 5.92. The van der Waals surface area contributed by atoms with E-state index in [1.165, 1.54) is 0 Å². The molecule has 1 aliphatic heterocycles. The van der Waals surface area contributed by atoms with E-state index in [2.05, 4.69) is 15.1 Å². The number of ether oxygens (including phenoxy) is 2. The average molecular weight is 358 g/mol. The molecule has 1 fully saturated rings. The summed E-state index contributed by atoms with van der Waals surface area (Å²) in [6, 6.07) is 7.69. The van der Waals surface area contributed by atoms with Crippen LogP contribution in [0.1, 0.15) is 5.56 Å². The molecule has 0 atom stereocenters. The molecule has 1 aromatic carbocycles. The number of aromatic amines is 1. The summed E-state index contributed by atoms with van der Waals surface area (Å²) in [7, 11) is 0. The highest BCUT2D eigenvalue weighted by Crippen LogP contribution is 2.28. The van der Waals surface area contributed by atoms with Crippen molar-refractivity contribution in [2.24, 2.45) is 0 Å². The topological polar surface area (TPSA) is 50.4 Å². The van der Waals surface area contributed by atoms with E-state index in [4.69, 9.17) is 21.1 Å². The van der Waals surface area contributed by atoms with Gasteiger partial charge in [0.15, 0.2) is 0 Å². The Bertz CT molecular complexity index is 610. The van der Waals surface area contributed by atoms with Crippen LogP contribution in [0.3, 0.4) is 0 Å². The first kappa shape index (κ1) is 18.1. The van der Waals surface area contributed by atoms with Crippen LogP contribution in [0.2, 0.25) is 5.02 Å². The summed E-state index contributed by atoms with van der Waals surface area (Å²) in [4.78, 5) is 2.34. The molecule has 0 amide bonds. The number of aromatic nitrogens is 2. The minimum atomic E-state index is 0. The maximum atomic E-state index is 5.92. The van der Waals surface area contributed by atoms with Crippen molar-refractivity contribution in [3.63, 3.8) is 0 Å². The molecule has 126 valence electrons. The van der Waals surface area contributed by atoms with Gasteiger partial charge in [0.25, 0.3) is 0 Å². The molecule has 2 aromatic rings. The zero-order valence-corrected chi connectivity index (χ0v) is 14.6. The third-order valence-electron chi connectivity index (χ3n) is 3.85. The molecule has 0 radical (unpaired) electrons. The number of nitrogens with one attached hydrogen (secondary N) is 1. The van der Waals surface area contributed by atoms with Crippen molar-refractivity contribution >= 4 is 24.0 Å². The van der Waals surface area contributed by atoms with E-state index in [0.717, 1.165) is 54.7 Å². The molecule has 0 bridgehead atoms. The number of rotatable bonds is 5. The Morgan fingerprint density at radius 2 is 1.96 bits per heavy atom. The fraction of sp³-hybridized carbons (Fsp3) is 0.438. The maximum absolute atomic E-state index is 5.92. The fourth-order valence-corrected chi connectivity index (χ4v) is 2.64. The molecule has 0 saturated carbocycles. The molecule has 1 N–H and O–H groups in total. The molecule has 7 heteroatoms. The maximum Gasteiger partial charge on any atom is 0.236 e. The molecule has 5 nitrogen and oxygen atoms in total. The Morgan fingerprint density at radius 3 is 2.65 bits per heavy atom. The molecule has 0 aliphatic carbocycles. The van der Waals surface area contributed by atoms with E-state index in [0.29, 0.717) is 12.5 Å². The number of hydrogen-bond donors (Lipinski definition) is 1. The fourth-order valence-electron chi connectivity index (χ4n) is 2.52. The zero-order valence-electron chi connectivity index (χ0n) is 13.0. The van der Waals surface area contributed by atoms with Crippen molar-refractivity contribution in [1.29, 1.82) is 0 Å². The molecule has 0 unspecified atom stereocenters. The van der Waals surface area contributed by atoms with Gasteiger partial charge >= 0.3 is 0 Å². The summed E-state index contributed by atoms with van der Waals surface area (Å²) in [5.41, 5.74) is 3.04. The number of nitrogens with zero attached hydrogens (tertiary/aromatic N) is 2. The summed E-state index contributed by atoms with van der Waals surface area (Å²) in [6.45, 7) is 7.09. The van der Waals surface area contributed by atoms with Crippen molar-refractivity contribution in [3.8, 4) is 17.1 Å². The number of morpholine rings is 1. The van der Waals surface area contributed by atoms with Gasteiger partial charge in [-0.1, -0.05) is 23.7 Å². The van der Waals surface area contributed by atoms with Gasteiger partial charge < -0.3 is 9.47 Å². The van der Waals surface area contributed by atoms with Gasteiger partial charge in [-0.15, -0.1) is 17.5 Å². The van der Waals surface area contributed by atoms with Crippen LogP contribution in [0, 0.1) is 6.92 Å². The van der Waals surface area contributed by atoms with Gasteiger partial charge in [-0.25, -0.2) is 0 Å². The van der Waals surface area contributed by atoms with Crippen LogP contribution in [0.15, 0.2) is 24.3 Å². The van der Waals surface area contributed by atoms with Crippen molar-refractivity contribution in [2.75, 3.05) is 39.5 Å². The van der Waals surface area contributed by atoms with Gasteiger partial charge in [0.2, 0.25) is 5.88 Å². The Hall–Kier alpha value is -1.27. The summed E-state index contributed by atoms with van der Waals surface area (Å²) < 4.78 is 11.1. The van der Waals surface area contributed by atoms with Crippen LogP contribution in [0.5, 0.6) is 5.88 Å². The molecular formula is C16H21Cl2N3O2. The van der Waals surface area contributed by atoms with E-state index < -0.39 is 0 Å². The monoisotopic (exact) mass is 357 g/mol. The number of H-pyrrole nitrogens is 1. The van der Waals surface area contributed by atoms with Gasteiger partial charge in [-0.3, -0.25) is 10.00 Å². The molecule has 1 aliphatic rings. The highest BCUT2D eigenvalue weighted by molar-refractivity contribution is 6.30. The minimum absolute atomic E-state index is 0. The Balaban J connectivity index is 0.00000192. The summed E-state index contributed by atoms with van der Waals surface area (Å²) in [6.07, 6.45) is 0. The van der Waals surface area contributed by atoms with Gasteiger partial charge in [0.05, 0.1) is 18.9 Å². The van der Waals surface area contributed by atoms with Gasteiger partial charge in [-0.2, -0.15) is 0 Å². The van der Waals surface area contributed by atoms with Crippen molar-refractivity contribution < 1.29 is 9.47 Å². The Kier molecular flexibility index (Phi) is 6.72. The van der Waals surface area contributed by atoms with Gasteiger partial charge in [0, 0.05) is 35.8 Å². The molecule has 2 heterocycles. The predicted octanol–water partition coefficient (Wildman–Crippen LogP) is 3.17. The molecular weight excluding hydrogens is 337 g/mol. The second kappa shape index (κ2) is 8.55. The lowest BCUT2D eigenvalue weighted by Crippen LogP contribution is -2.38. The Labute approximate surface area is 147 Å². The SMILES string of the molecule is Cc1c(OCCN2CCOCC2)n[nH]c1-c1ccc(Cl)cc1.Cl. The first-order valence-electron chi connectivity index (χ1n) is 7.48. The summed E-state index contributed by atoms with van der Waals surface area (Å²) in [5, 5.41) is 8.05. The molecule has 1 saturated heterocycles. The van der Waals surface area contributed by atoms with Crippen LogP contribution in [0.4, 0.5) is 0 Å². The number of halogens is 2. The van der Waals surface area contributed by atoms with E-state index in [1.54, 1.807) is 0 Å². The number of hydrogen-bond acceptors (Lipinski definition) is 4. The highest BCUT2D eigenvalue weighted by atomic mass is 35.5. The van der Waals surface area contributed by atoms with Crippen molar-refractivity contribution in [2.45, 2.75) is 6.92 Å². The molecule has 3 rings (SSSR count). The van der Waals surface area contributed by atoms with Crippen molar-refractivity contribution in [1.82, 2.24) is 15.1 Å². The quantitative estimate of drug-likeness (QED) is 0.892. The van der Waals surface area contributed by atoms with Crippen molar-refractivity contribution in [3.05, 3.63) is 34.9 Å². The Morgan fingerprint density at radius 1 is 1.26 bits per heavy atom. The third-order valence-corrected chi connectivity index (χ3v) is 4.10. The first-order valence-corrected chi connectivity index (χ1v) is 7.85. The van der Waals surface area contributed by atoms with Gasteiger partial charge in [0.1, 0.15) is 6.61 Å². The van der Waals surface area contributed by atoms with Crippen LogP contribution in [-0.2, 0) is 4.74 Å². The van der Waals surface area contributed by atoms with E-state index in [-0.39, 0.29) is 12.4 Å². The highest BCUT2D eigenvalue weighted by Gasteiger charge is 2.13. The average Bonchev–Trinajstić information content (AvgIpc) is 2.90. The smallest absolute Gasteiger partial charge is 0.236 e. The standard InChI is InChI=1S/C16H20ClN3O2.ClH/c1-12-15(13-2-4-14(17)5-3-13)18-19-16(12)22-11-8-20-6-9-21-10-7-20;/h2-5H,6-11H2,1H3,(H,18,19);1H. The normalized spacial score (nSPS) is 15.2. The second-order valence-electron chi connectivity index (χ2n) is 5.34. The third kappa shape index (κ3) is 4.61. The lowest BCUT2D eigenvalue weighted by molar-refractivity contribution is 0.0319. The molecule has 1 aromatic heterocycles. The second-order valence-corrected chi connectivity index (χ2v) is 5.77. The van der Waals surface area contributed by atoms with Crippen LogP contribution in [-0.4, -0.2) is 54.6 Å². The predicted molar refractivity (Wildman–Crippen MR) is 93.8 cm³/mol. The zero-order chi connectivity index (χ0) is 15.4. The lowest BCUT2D eigenvalue weighted by atomic mass is 10.1. The van der Waals surface area contributed by atoms with Gasteiger partial charge in [-0.05, 0) is 19.1 Å². The number of benzene rings is 1. The van der Waals surface area contributed by atoms with Crippen LogP contribution < -0.4 is 4.74 Å². The molecule has 0 spiro atoms. The van der Waals surface area contributed by atoms with Crippen LogP contribution in [0.25, 0.3) is 11.3 Å². The minimum Gasteiger partial charge on any atom is -0.475 e. The van der Waals surface area contributed by atoms with E-state index in [9.17, 15) is 0 Å². The lowest BCUT2D eigenvalue weighted by Gasteiger charge is -2.26. The van der Waals surface area contributed by atoms with E-state index in [1.807, 2.05) is 31.2 Å². The molecule has 23 heavy (non-hydrogen) atoms. The van der Waals surface area contributed by atoms with Crippen LogP contribution >= 0.6 is 24.0 Å². The largest absolute Gasteiger partial charge is 0.475 e. The first-order chi connectivity index (χ1) is 10.7. The van der Waals surface area contributed by atoms with E-state index >= 15 is 0 Å².